The Balaban J connectivity index is 2.08. The lowest BCUT2D eigenvalue weighted by Crippen LogP contribution is -2.22. The Kier molecular flexibility index (Phi) is 4.85. The van der Waals surface area contributed by atoms with Crippen LogP contribution >= 0.6 is 34.5 Å². The molecule has 1 unspecified atom stereocenters. The van der Waals surface area contributed by atoms with Crippen molar-refractivity contribution in [3.05, 3.63) is 55.9 Å². The molecule has 2 rings (SSSR count). The third-order valence-electron chi connectivity index (χ3n) is 3.02. The van der Waals surface area contributed by atoms with E-state index in [2.05, 4.69) is 5.32 Å². The second kappa shape index (κ2) is 6.23. The van der Waals surface area contributed by atoms with Crippen molar-refractivity contribution in [1.82, 2.24) is 5.32 Å². The number of benzene rings is 1. The molecular formula is C14H14Cl2FNS. The minimum Gasteiger partial charge on any atom is -0.304 e. The van der Waals surface area contributed by atoms with Crippen LogP contribution in [0.25, 0.3) is 0 Å². The first-order chi connectivity index (χ1) is 8.97. The van der Waals surface area contributed by atoms with Gasteiger partial charge < -0.3 is 5.32 Å². The van der Waals surface area contributed by atoms with Crippen molar-refractivity contribution in [2.75, 3.05) is 0 Å². The molecule has 0 aliphatic rings. The summed E-state index contributed by atoms with van der Waals surface area (Å²) >= 11 is 13.4. The highest BCUT2D eigenvalue weighted by atomic mass is 35.5. The van der Waals surface area contributed by atoms with Crippen molar-refractivity contribution in [2.24, 2.45) is 0 Å². The summed E-state index contributed by atoms with van der Waals surface area (Å²) < 4.78 is 14.3. The standard InChI is InChI=1S/C14H14Cl2FNS/c1-8(10-3-5-11(17)6-4-10)18-9(2)12-7-13(15)19-14(12)16/h3-9,18H,1-2H3/t8-,9?/m1/s1. The minimum absolute atomic E-state index is 0.0799. The smallest absolute Gasteiger partial charge is 0.123 e. The zero-order valence-corrected chi connectivity index (χ0v) is 12.9. The minimum atomic E-state index is -0.225. The fourth-order valence-electron chi connectivity index (χ4n) is 1.96. The summed E-state index contributed by atoms with van der Waals surface area (Å²) in [6.45, 7) is 4.07. The normalized spacial score (nSPS) is 14.4. The molecule has 1 aromatic heterocycles. The number of thiophene rings is 1. The van der Waals surface area contributed by atoms with Gasteiger partial charge in [-0.25, -0.2) is 4.39 Å². The predicted octanol–water partition coefficient (Wildman–Crippen LogP) is 5.61. The number of halogens is 3. The summed E-state index contributed by atoms with van der Waals surface area (Å²) in [6.07, 6.45) is 0. The Hall–Kier alpha value is -0.610. The van der Waals surface area contributed by atoms with Gasteiger partial charge in [0.05, 0.1) is 8.67 Å². The van der Waals surface area contributed by atoms with Crippen LogP contribution in [0.5, 0.6) is 0 Å². The summed E-state index contributed by atoms with van der Waals surface area (Å²) in [4.78, 5) is 0. The number of hydrogen-bond acceptors (Lipinski definition) is 2. The van der Waals surface area contributed by atoms with E-state index in [0.717, 1.165) is 11.1 Å². The van der Waals surface area contributed by atoms with E-state index in [0.29, 0.717) is 8.67 Å². The molecule has 0 aliphatic carbocycles. The Bertz CT molecular complexity index is 553. The number of nitrogens with one attached hydrogen (secondary N) is 1. The second-order valence-electron chi connectivity index (χ2n) is 4.44. The zero-order chi connectivity index (χ0) is 14.0. The third-order valence-corrected chi connectivity index (χ3v) is 4.54. The molecule has 0 saturated carbocycles. The Labute approximate surface area is 126 Å². The maximum atomic E-state index is 12.9. The van der Waals surface area contributed by atoms with Gasteiger partial charge in [-0.15, -0.1) is 11.3 Å². The molecule has 0 aliphatic heterocycles. The van der Waals surface area contributed by atoms with Gasteiger partial charge in [-0.3, -0.25) is 0 Å². The maximum absolute atomic E-state index is 12.9. The number of hydrogen-bond donors (Lipinski definition) is 1. The first-order valence-corrected chi connectivity index (χ1v) is 7.51. The third kappa shape index (κ3) is 3.69. The van der Waals surface area contributed by atoms with Crippen molar-refractivity contribution in [2.45, 2.75) is 25.9 Å². The van der Waals surface area contributed by atoms with E-state index in [1.54, 1.807) is 12.1 Å². The highest BCUT2D eigenvalue weighted by Crippen LogP contribution is 2.35. The predicted molar refractivity (Wildman–Crippen MR) is 80.7 cm³/mol. The van der Waals surface area contributed by atoms with E-state index in [9.17, 15) is 4.39 Å². The van der Waals surface area contributed by atoms with Gasteiger partial charge in [0.2, 0.25) is 0 Å². The monoisotopic (exact) mass is 317 g/mol. The molecule has 1 aromatic carbocycles. The molecule has 0 saturated heterocycles. The van der Waals surface area contributed by atoms with Gasteiger partial charge in [0.1, 0.15) is 5.82 Å². The first kappa shape index (κ1) is 14.8. The molecule has 1 heterocycles. The maximum Gasteiger partial charge on any atom is 0.123 e. The van der Waals surface area contributed by atoms with Gasteiger partial charge in [0.15, 0.2) is 0 Å². The van der Waals surface area contributed by atoms with Crippen molar-refractivity contribution in [1.29, 1.82) is 0 Å². The lowest BCUT2D eigenvalue weighted by Gasteiger charge is -2.20. The number of rotatable bonds is 4. The fraction of sp³-hybridized carbons (Fsp3) is 0.286. The van der Waals surface area contributed by atoms with Crippen LogP contribution in [0.15, 0.2) is 30.3 Å². The van der Waals surface area contributed by atoms with Crippen LogP contribution in [-0.4, -0.2) is 0 Å². The molecule has 102 valence electrons. The van der Waals surface area contributed by atoms with Crippen molar-refractivity contribution >= 4 is 34.5 Å². The van der Waals surface area contributed by atoms with Crippen molar-refractivity contribution < 1.29 is 4.39 Å². The summed E-state index contributed by atoms with van der Waals surface area (Å²) in [7, 11) is 0. The lowest BCUT2D eigenvalue weighted by atomic mass is 10.1. The molecule has 1 N–H and O–H groups in total. The molecule has 5 heteroatoms. The Morgan fingerprint density at radius 3 is 2.26 bits per heavy atom. The summed E-state index contributed by atoms with van der Waals surface area (Å²) in [5, 5.41) is 3.43. The van der Waals surface area contributed by atoms with Gasteiger partial charge in [0.25, 0.3) is 0 Å². The lowest BCUT2D eigenvalue weighted by molar-refractivity contribution is 0.495. The van der Waals surface area contributed by atoms with Gasteiger partial charge in [-0.1, -0.05) is 35.3 Å². The molecule has 0 bridgehead atoms. The molecule has 19 heavy (non-hydrogen) atoms. The largest absolute Gasteiger partial charge is 0.304 e. The fourth-order valence-corrected chi connectivity index (χ4v) is 3.61. The van der Waals surface area contributed by atoms with Gasteiger partial charge >= 0.3 is 0 Å². The molecule has 2 atom stereocenters. The molecule has 0 amide bonds. The highest BCUT2D eigenvalue weighted by molar-refractivity contribution is 7.20. The second-order valence-corrected chi connectivity index (χ2v) is 6.73. The van der Waals surface area contributed by atoms with Crippen LogP contribution < -0.4 is 5.32 Å². The molecule has 0 fully saturated rings. The molecule has 0 radical (unpaired) electrons. The molecule has 0 spiro atoms. The van der Waals surface area contributed by atoms with Gasteiger partial charge in [-0.2, -0.15) is 0 Å². The topological polar surface area (TPSA) is 12.0 Å². The van der Waals surface area contributed by atoms with Gasteiger partial charge in [-0.05, 0) is 43.2 Å². The van der Waals surface area contributed by atoms with Crippen LogP contribution in [-0.2, 0) is 0 Å². The average Bonchev–Trinajstić information content (AvgIpc) is 2.69. The Morgan fingerprint density at radius 2 is 1.74 bits per heavy atom. The van der Waals surface area contributed by atoms with Crippen molar-refractivity contribution in [3.8, 4) is 0 Å². The van der Waals surface area contributed by atoms with Crippen LogP contribution in [0.2, 0.25) is 8.67 Å². The average molecular weight is 318 g/mol. The SMILES string of the molecule is CC(N[C@H](C)c1ccc(F)cc1)c1cc(Cl)sc1Cl. The Morgan fingerprint density at radius 1 is 1.11 bits per heavy atom. The quantitative estimate of drug-likeness (QED) is 0.773. The molecular weight excluding hydrogens is 304 g/mol. The van der Waals surface area contributed by atoms with E-state index < -0.39 is 0 Å². The van der Waals surface area contributed by atoms with E-state index in [1.165, 1.54) is 23.5 Å². The van der Waals surface area contributed by atoms with E-state index >= 15 is 0 Å². The van der Waals surface area contributed by atoms with Crippen LogP contribution in [0, 0.1) is 5.82 Å². The van der Waals surface area contributed by atoms with E-state index in [-0.39, 0.29) is 17.9 Å². The van der Waals surface area contributed by atoms with Crippen LogP contribution in [0.3, 0.4) is 0 Å². The van der Waals surface area contributed by atoms with Crippen LogP contribution in [0.1, 0.15) is 37.1 Å². The van der Waals surface area contributed by atoms with Crippen LogP contribution in [0.4, 0.5) is 4.39 Å². The summed E-state index contributed by atoms with van der Waals surface area (Å²) in [5.41, 5.74) is 2.02. The van der Waals surface area contributed by atoms with Crippen molar-refractivity contribution in [3.63, 3.8) is 0 Å². The summed E-state index contributed by atoms with van der Waals surface area (Å²) in [6, 6.07) is 8.55. The first-order valence-electron chi connectivity index (χ1n) is 5.93. The zero-order valence-electron chi connectivity index (χ0n) is 10.6. The molecule has 1 nitrogen and oxygen atoms in total. The van der Waals surface area contributed by atoms with E-state index in [1.807, 2.05) is 19.9 Å². The van der Waals surface area contributed by atoms with Gasteiger partial charge in [0, 0.05) is 12.1 Å². The highest BCUT2D eigenvalue weighted by Gasteiger charge is 2.16. The molecule has 2 aromatic rings. The van der Waals surface area contributed by atoms with E-state index in [4.69, 9.17) is 23.2 Å². The summed E-state index contributed by atoms with van der Waals surface area (Å²) in [5.74, 6) is -0.225.